The summed E-state index contributed by atoms with van der Waals surface area (Å²) in [5.74, 6) is -1.27. The summed E-state index contributed by atoms with van der Waals surface area (Å²) in [5.41, 5.74) is 3.91. The Bertz CT molecular complexity index is 1370. The van der Waals surface area contributed by atoms with Gasteiger partial charge >= 0.3 is 0 Å². The number of nitrogens with zero attached hydrogens (tertiary/aromatic N) is 1. The number of ether oxygens (including phenoxy) is 1. The Balaban J connectivity index is 1.62. The molecule has 5 nitrogen and oxygen atoms in total. The van der Waals surface area contributed by atoms with Gasteiger partial charge < -0.3 is 14.7 Å². The van der Waals surface area contributed by atoms with Crippen LogP contribution in [0, 0.1) is 5.82 Å². The molecule has 2 aliphatic rings. The standard InChI is InChI=1S/C30H28FNO4/c1-30(2,3)22-9-6-19(7-10-22)26-25(27(33)21-8-13-24-20(16-21)14-15-36-24)28(34)29(35)32(26)17-18-4-11-23(31)12-5-18/h4-13,16,26,33H,14-15,17H2,1-3H3/b27-25-. The minimum atomic E-state index is -0.784. The number of fused-ring (bicyclic) bond motifs is 1. The maximum Gasteiger partial charge on any atom is 0.295 e. The van der Waals surface area contributed by atoms with Crippen LogP contribution in [0.1, 0.15) is 54.6 Å². The summed E-state index contributed by atoms with van der Waals surface area (Å²) in [5, 5.41) is 11.4. The summed E-state index contributed by atoms with van der Waals surface area (Å²) < 4.78 is 19.0. The van der Waals surface area contributed by atoms with Crippen LogP contribution in [0.3, 0.4) is 0 Å². The van der Waals surface area contributed by atoms with Crippen LogP contribution < -0.4 is 4.74 Å². The fourth-order valence-corrected chi connectivity index (χ4v) is 4.83. The van der Waals surface area contributed by atoms with Crippen LogP contribution in [-0.4, -0.2) is 28.3 Å². The molecule has 184 valence electrons. The van der Waals surface area contributed by atoms with Crippen molar-refractivity contribution in [2.45, 2.75) is 45.2 Å². The zero-order valence-corrected chi connectivity index (χ0v) is 20.5. The summed E-state index contributed by atoms with van der Waals surface area (Å²) >= 11 is 0. The fourth-order valence-electron chi connectivity index (χ4n) is 4.83. The lowest BCUT2D eigenvalue weighted by molar-refractivity contribution is -0.140. The highest BCUT2D eigenvalue weighted by atomic mass is 19.1. The summed E-state index contributed by atoms with van der Waals surface area (Å²) in [4.78, 5) is 28.0. The lowest BCUT2D eigenvalue weighted by Crippen LogP contribution is -2.29. The zero-order chi connectivity index (χ0) is 25.6. The van der Waals surface area contributed by atoms with E-state index in [4.69, 9.17) is 4.74 Å². The molecule has 0 spiro atoms. The number of aliphatic hydroxyl groups excluding tert-OH is 1. The Labute approximate surface area is 209 Å². The molecule has 3 aromatic rings. The molecule has 0 aromatic heterocycles. The monoisotopic (exact) mass is 485 g/mol. The van der Waals surface area contributed by atoms with Crippen LogP contribution in [0.4, 0.5) is 4.39 Å². The molecule has 36 heavy (non-hydrogen) atoms. The van der Waals surface area contributed by atoms with Gasteiger partial charge in [-0.15, -0.1) is 0 Å². The van der Waals surface area contributed by atoms with E-state index in [-0.39, 0.29) is 29.1 Å². The van der Waals surface area contributed by atoms with Gasteiger partial charge in [-0.3, -0.25) is 9.59 Å². The first-order valence-electron chi connectivity index (χ1n) is 12.0. The van der Waals surface area contributed by atoms with E-state index in [1.807, 2.05) is 30.3 Å². The van der Waals surface area contributed by atoms with Gasteiger partial charge in [0.15, 0.2) is 0 Å². The highest BCUT2D eigenvalue weighted by Gasteiger charge is 2.46. The molecule has 6 heteroatoms. The number of carbonyl (C=O) groups excluding carboxylic acids is 2. The molecule has 0 radical (unpaired) electrons. The van der Waals surface area contributed by atoms with Crippen LogP contribution in [0.5, 0.6) is 5.75 Å². The number of halogens is 1. The summed E-state index contributed by atoms with van der Waals surface area (Å²) in [6.07, 6.45) is 0.715. The molecule has 3 aromatic carbocycles. The van der Waals surface area contributed by atoms with Crippen molar-refractivity contribution in [1.29, 1.82) is 0 Å². The van der Waals surface area contributed by atoms with Gasteiger partial charge in [-0.2, -0.15) is 0 Å². The number of hydrogen-bond acceptors (Lipinski definition) is 4. The molecule has 1 saturated heterocycles. The number of benzene rings is 3. The Morgan fingerprint density at radius 3 is 2.39 bits per heavy atom. The lowest BCUT2D eigenvalue weighted by atomic mass is 9.85. The lowest BCUT2D eigenvalue weighted by Gasteiger charge is -2.26. The maximum absolute atomic E-state index is 13.5. The van der Waals surface area contributed by atoms with Gasteiger partial charge in [-0.25, -0.2) is 4.39 Å². The minimum Gasteiger partial charge on any atom is -0.507 e. The van der Waals surface area contributed by atoms with Crippen molar-refractivity contribution in [2.24, 2.45) is 0 Å². The predicted octanol–water partition coefficient (Wildman–Crippen LogP) is 5.68. The third-order valence-corrected chi connectivity index (χ3v) is 6.86. The van der Waals surface area contributed by atoms with Gasteiger partial charge in [0, 0.05) is 18.5 Å². The van der Waals surface area contributed by atoms with Gasteiger partial charge in [0.05, 0.1) is 18.2 Å². The molecule has 5 rings (SSSR count). The van der Waals surface area contributed by atoms with E-state index in [0.29, 0.717) is 24.2 Å². The second kappa shape index (κ2) is 8.94. The van der Waals surface area contributed by atoms with Crippen molar-refractivity contribution in [1.82, 2.24) is 4.90 Å². The first-order valence-corrected chi connectivity index (χ1v) is 12.0. The predicted molar refractivity (Wildman–Crippen MR) is 135 cm³/mol. The molecule has 1 amide bonds. The van der Waals surface area contributed by atoms with Crippen LogP contribution in [0.25, 0.3) is 5.76 Å². The molecule has 2 aliphatic heterocycles. The second-order valence-electron chi connectivity index (χ2n) is 10.3. The van der Waals surface area contributed by atoms with Gasteiger partial charge in [0.25, 0.3) is 11.7 Å². The number of ketones is 1. The summed E-state index contributed by atoms with van der Waals surface area (Å²) in [7, 11) is 0. The highest BCUT2D eigenvalue weighted by molar-refractivity contribution is 6.46. The SMILES string of the molecule is CC(C)(C)c1ccc(C2/C(=C(/O)c3ccc4c(c3)CCO4)C(=O)C(=O)N2Cc2ccc(F)cc2)cc1. The Morgan fingerprint density at radius 2 is 1.72 bits per heavy atom. The quantitative estimate of drug-likeness (QED) is 0.293. The van der Waals surface area contributed by atoms with Gasteiger partial charge in [0.1, 0.15) is 17.3 Å². The number of carbonyl (C=O) groups is 2. The Hall–Kier alpha value is -3.93. The van der Waals surface area contributed by atoms with E-state index in [1.54, 1.807) is 24.3 Å². The van der Waals surface area contributed by atoms with Crippen molar-refractivity contribution >= 4 is 17.4 Å². The average Bonchev–Trinajstić information content (AvgIpc) is 3.42. The van der Waals surface area contributed by atoms with Crippen molar-refractivity contribution in [3.8, 4) is 5.75 Å². The van der Waals surface area contributed by atoms with Crippen molar-refractivity contribution in [2.75, 3.05) is 6.61 Å². The Kier molecular flexibility index (Phi) is 5.91. The number of rotatable bonds is 4. The first kappa shape index (κ1) is 23.8. The first-order chi connectivity index (χ1) is 17.1. The average molecular weight is 486 g/mol. The van der Waals surface area contributed by atoms with Crippen LogP contribution in [0.15, 0.2) is 72.3 Å². The van der Waals surface area contributed by atoms with E-state index in [2.05, 4.69) is 20.8 Å². The maximum atomic E-state index is 13.5. The molecule has 0 bridgehead atoms. The van der Waals surface area contributed by atoms with Crippen LogP contribution >= 0.6 is 0 Å². The molecular weight excluding hydrogens is 457 g/mol. The number of hydrogen-bond donors (Lipinski definition) is 1. The van der Waals surface area contributed by atoms with Crippen molar-refractivity contribution in [3.05, 3.63) is 106 Å². The number of amides is 1. The van der Waals surface area contributed by atoms with Crippen LogP contribution in [0.2, 0.25) is 0 Å². The molecule has 1 fully saturated rings. The van der Waals surface area contributed by atoms with E-state index < -0.39 is 17.7 Å². The molecule has 2 heterocycles. The van der Waals surface area contributed by atoms with Gasteiger partial charge in [-0.1, -0.05) is 57.2 Å². The van der Waals surface area contributed by atoms with E-state index in [0.717, 1.165) is 22.4 Å². The molecule has 0 saturated carbocycles. The van der Waals surface area contributed by atoms with Crippen molar-refractivity contribution < 1.29 is 23.8 Å². The minimum absolute atomic E-state index is 0.0458. The van der Waals surface area contributed by atoms with E-state index >= 15 is 0 Å². The number of aliphatic hydroxyl groups is 1. The smallest absolute Gasteiger partial charge is 0.295 e. The Morgan fingerprint density at radius 1 is 1.03 bits per heavy atom. The highest BCUT2D eigenvalue weighted by Crippen LogP contribution is 2.41. The topological polar surface area (TPSA) is 66.8 Å². The van der Waals surface area contributed by atoms with E-state index in [1.165, 1.54) is 17.0 Å². The molecule has 1 unspecified atom stereocenters. The van der Waals surface area contributed by atoms with Crippen molar-refractivity contribution in [3.63, 3.8) is 0 Å². The largest absolute Gasteiger partial charge is 0.507 e. The van der Waals surface area contributed by atoms with Crippen LogP contribution in [-0.2, 0) is 28.0 Å². The third-order valence-electron chi connectivity index (χ3n) is 6.86. The summed E-state index contributed by atoms with van der Waals surface area (Å²) in [6.45, 7) is 7.01. The summed E-state index contributed by atoms with van der Waals surface area (Å²) in [6, 6.07) is 18.1. The normalized spacial score (nSPS) is 18.9. The van der Waals surface area contributed by atoms with Gasteiger partial charge in [-0.05, 0) is 58.0 Å². The third kappa shape index (κ3) is 4.28. The molecule has 0 aliphatic carbocycles. The number of Topliss-reactive ketones (excluding diaryl/α,β-unsaturated/α-hetero) is 1. The zero-order valence-electron chi connectivity index (χ0n) is 20.5. The molecule has 1 atom stereocenters. The number of likely N-dealkylation sites (tertiary alicyclic amines) is 1. The van der Waals surface area contributed by atoms with Gasteiger partial charge in [0.2, 0.25) is 0 Å². The fraction of sp³-hybridized carbons (Fsp3) is 0.267. The van der Waals surface area contributed by atoms with E-state index in [9.17, 15) is 19.1 Å². The second-order valence-corrected chi connectivity index (χ2v) is 10.3. The molecular formula is C30H28FNO4. The molecule has 1 N–H and O–H groups in total.